The number of aliphatic carboxylic acids is 1. The second-order valence-electron chi connectivity index (χ2n) is 6.75. The molecule has 3 atom stereocenters. The molecule has 3 rings (SSSR count). The Bertz CT molecular complexity index is 691. The largest absolute Gasteiger partial charge is 0.480 e. The van der Waals surface area contributed by atoms with Crippen molar-refractivity contribution in [1.82, 2.24) is 25.5 Å². The van der Waals surface area contributed by atoms with Gasteiger partial charge < -0.3 is 5.11 Å². The standard InChI is InChI=1S/C18H25N5O2/c1-12-16(13(2)21-20-12)11-22(3)17(18(24)25)14-5-7-15(8-6-14)23-10-4-9-19-23/h4-10,12-13,16-17,20-21H,11H2,1-3H3,(H,24,25). The van der Waals surface area contributed by atoms with Crippen molar-refractivity contribution in [2.75, 3.05) is 13.6 Å². The van der Waals surface area contributed by atoms with Gasteiger partial charge >= 0.3 is 5.97 Å². The minimum atomic E-state index is -0.839. The minimum absolute atomic E-state index is 0.300. The molecule has 1 saturated heterocycles. The SMILES string of the molecule is CC1NNC(C)C1CN(C)C(C(=O)O)c1ccc(-n2cccn2)cc1. The second kappa shape index (κ2) is 7.35. The van der Waals surface area contributed by atoms with Crippen molar-refractivity contribution in [3.05, 3.63) is 48.3 Å². The van der Waals surface area contributed by atoms with Crippen molar-refractivity contribution in [3.8, 4) is 5.69 Å². The lowest BCUT2D eigenvalue weighted by molar-refractivity contribution is -0.143. The molecule has 7 nitrogen and oxygen atoms in total. The molecule has 1 aliphatic heterocycles. The zero-order valence-corrected chi connectivity index (χ0v) is 14.8. The zero-order chi connectivity index (χ0) is 18.0. The Balaban J connectivity index is 1.77. The maximum Gasteiger partial charge on any atom is 0.325 e. The number of nitrogens with one attached hydrogen (secondary N) is 2. The summed E-state index contributed by atoms with van der Waals surface area (Å²) in [7, 11) is 1.87. The molecule has 1 fully saturated rings. The van der Waals surface area contributed by atoms with Crippen LogP contribution in [-0.2, 0) is 4.79 Å². The molecule has 0 bridgehead atoms. The molecular weight excluding hydrogens is 318 g/mol. The third kappa shape index (κ3) is 3.73. The first-order chi connectivity index (χ1) is 12.0. The minimum Gasteiger partial charge on any atom is -0.480 e. The normalized spacial score (nSPS) is 24.6. The molecular formula is C18H25N5O2. The van der Waals surface area contributed by atoms with Gasteiger partial charge in [-0.25, -0.2) is 4.68 Å². The van der Waals surface area contributed by atoms with Crippen molar-refractivity contribution < 1.29 is 9.90 Å². The maximum atomic E-state index is 11.9. The van der Waals surface area contributed by atoms with Gasteiger partial charge in [-0.3, -0.25) is 20.5 Å². The van der Waals surface area contributed by atoms with Crippen molar-refractivity contribution in [1.29, 1.82) is 0 Å². The fraction of sp³-hybridized carbons (Fsp3) is 0.444. The van der Waals surface area contributed by atoms with Crippen LogP contribution in [0, 0.1) is 5.92 Å². The Morgan fingerprint density at radius 1 is 1.28 bits per heavy atom. The van der Waals surface area contributed by atoms with Crippen molar-refractivity contribution in [3.63, 3.8) is 0 Å². The van der Waals surface area contributed by atoms with E-state index in [0.29, 0.717) is 24.5 Å². The highest BCUT2D eigenvalue weighted by atomic mass is 16.4. The summed E-state index contributed by atoms with van der Waals surface area (Å²) in [6, 6.07) is 9.31. The van der Waals surface area contributed by atoms with Crippen LogP contribution >= 0.6 is 0 Å². The molecule has 0 amide bonds. The van der Waals surface area contributed by atoms with E-state index in [1.165, 1.54) is 0 Å². The van der Waals surface area contributed by atoms with Gasteiger partial charge in [0.1, 0.15) is 6.04 Å². The van der Waals surface area contributed by atoms with Gasteiger partial charge in [-0.2, -0.15) is 5.10 Å². The summed E-state index contributed by atoms with van der Waals surface area (Å²) in [5.74, 6) is -0.497. The van der Waals surface area contributed by atoms with Crippen LogP contribution in [0.15, 0.2) is 42.7 Å². The van der Waals surface area contributed by atoms with Crippen LogP contribution in [0.5, 0.6) is 0 Å². The Kier molecular flexibility index (Phi) is 5.17. The highest BCUT2D eigenvalue weighted by molar-refractivity contribution is 5.75. The van der Waals surface area contributed by atoms with Gasteiger partial charge in [0.2, 0.25) is 0 Å². The lowest BCUT2D eigenvalue weighted by atomic mass is 9.94. The number of aromatic nitrogens is 2. The summed E-state index contributed by atoms with van der Waals surface area (Å²) < 4.78 is 1.75. The van der Waals surface area contributed by atoms with Crippen molar-refractivity contribution in [2.24, 2.45) is 5.92 Å². The first-order valence-electron chi connectivity index (χ1n) is 8.51. The summed E-state index contributed by atoms with van der Waals surface area (Å²) in [6.07, 6.45) is 3.58. The average Bonchev–Trinajstić information content (AvgIpc) is 3.21. The third-order valence-corrected chi connectivity index (χ3v) is 4.97. The zero-order valence-electron chi connectivity index (χ0n) is 14.8. The van der Waals surface area contributed by atoms with E-state index in [9.17, 15) is 9.90 Å². The molecule has 2 aromatic rings. The summed E-state index contributed by atoms with van der Waals surface area (Å²) in [4.78, 5) is 13.8. The average molecular weight is 343 g/mol. The lowest BCUT2D eigenvalue weighted by Gasteiger charge is -2.30. The Morgan fingerprint density at radius 3 is 2.44 bits per heavy atom. The van der Waals surface area contributed by atoms with Crippen LogP contribution in [0.4, 0.5) is 0 Å². The van der Waals surface area contributed by atoms with Crippen LogP contribution in [0.25, 0.3) is 5.69 Å². The van der Waals surface area contributed by atoms with Crippen molar-refractivity contribution in [2.45, 2.75) is 32.0 Å². The molecule has 0 saturated carbocycles. The van der Waals surface area contributed by atoms with Gasteiger partial charge in [0.25, 0.3) is 0 Å². The van der Waals surface area contributed by atoms with Gasteiger partial charge in [-0.05, 0) is 44.7 Å². The van der Waals surface area contributed by atoms with E-state index in [-0.39, 0.29) is 0 Å². The Hall–Kier alpha value is -2.22. The summed E-state index contributed by atoms with van der Waals surface area (Å²) in [6.45, 7) is 4.92. The predicted molar refractivity (Wildman–Crippen MR) is 95.3 cm³/mol. The number of carboxylic acids is 1. The van der Waals surface area contributed by atoms with Crippen molar-refractivity contribution >= 4 is 5.97 Å². The van der Waals surface area contributed by atoms with Crippen LogP contribution in [0.3, 0.4) is 0 Å². The van der Waals surface area contributed by atoms with Gasteiger partial charge in [-0.15, -0.1) is 0 Å². The number of carbonyl (C=O) groups is 1. The Labute approximate surface area is 147 Å². The van der Waals surface area contributed by atoms with E-state index in [2.05, 4.69) is 29.8 Å². The van der Waals surface area contributed by atoms with E-state index in [1.54, 1.807) is 10.9 Å². The van der Waals surface area contributed by atoms with E-state index in [1.807, 2.05) is 48.5 Å². The van der Waals surface area contributed by atoms with E-state index < -0.39 is 12.0 Å². The molecule has 0 spiro atoms. The van der Waals surface area contributed by atoms with Gasteiger partial charge in [0, 0.05) is 36.9 Å². The maximum absolute atomic E-state index is 11.9. The number of carboxylic acid groups (broad SMARTS) is 1. The molecule has 134 valence electrons. The number of rotatable bonds is 6. The fourth-order valence-electron chi connectivity index (χ4n) is 3.48. The number of hydrazine groups is 1. The molecule has 0 radical (unpaired) electrons. The number of benzene rings is 1. The molecule has 1 aromatic heterocycles. The second-order valence-corrected chi connectivity index (χ2v) is 6.75. The first kappa shape index (κ1) is 17.6. The molecule has 3 N–H and O–H groups in total. The quantitative estimate of drug-likeness (QED) is 0.736. The molecule has 0 aliphatic carbocycles. The number of likely N-dealkylation sites (N-methyl/N-ethyl adjacent to an activating group) is 1. The van der Waals surface area contributed by atoms with E-state index in [0.717, 1.165) is 11.3 Å². The van der Waals surface area contributed by atoms with Gasteiger partial charge in [0.15, 0.2) is 0 Å². The topological polar surface area (TPSA) is 82.4 Å². The summed E-state index contributed by atoms with van der Waals surface area (Å²) in [5.41, 5.74) is 8.12. The molecule has 1 aliphatic rings. The fourth-order valence-corrected chi connectivity index (χ4v) is 3.48. The smallest absolute Gasteiger partial charge is 0.325 e. The van der Waals surface area contributed by atoms with Crippen LogP contribution in [0.1, 0.15) is 25.5 Å². The Morgan fingerprint density at radius 2 is 1.92 bits per heavy atom. The monoisotopic (exact) mass is 343 g/mol. The number of nitrogens with zero attached hydrogens (tertiary/aromatic N) is 3. The predicted octanol–water partition coefficient (Wildman–Crippen LogP) is 1.43. The number of hydrogen-bond donors (Lipinski definition) is 3. The molecule has 7 heteroatoms. The molecule has 2 heterocycles. The highest BCUT2D eigenvalue weighted by Gasteiger charge is 2.34. The summed E-state index contributed by atoms with van der Waals surface area (Å²) in [5, 5.41) is 14.0. The summed E-state index contributed by atoms with van der Waals surface area (Å²) >= 11 is 0. The third-order valence-electron chi connectivity index (χ3n) is 4.97. The number of hydrogen-bond acceptors (Lipinski definition) is 5. The molecule has 3 unspecified atom stereocenters. The van der Waals surface area contributed by atoms with Crippen LogP contribution in [0.2, 0.25) is 0 Å². The lowest BCUT2D eigenvalue weighted by Crippen LogP contribution is -2.39. The van der Waals surface area contributed by atoms with E-state index in [4.69, 9.17) is 0 Å². The molecule has 1 aromatic carbocycles. The molecule has 25 heavy (non-hydrogen) atoms. The van der Waals surface area contributed by atoms with E-state index >= 15 is 0 Å². The highest BCUT2D eigenvalue weighted by Crippen LogP contribution is 2.25. The first-order valence-corrected chi connectivity index (χ1v) is 8.51. The van der Waals surface area contributed by atoms with Crippen LogP contribution < -0.4 is 10.9 Å². The van der Waals surface area contributed by atoms with Gasteiger partial charge in [0.05, 0.1) is 5.69 Å². The van der Waals surface area contributed by atoms with Gasteiger partial charge in [-0.1, -0.05) is 12.1 Å². The van der Waals surface area contributed by atoms with Crippen LogP contribution in [-0.4, -0.2) is 51.4 Å².